The zero-order chi connectivity index (χ0) is 15.9. The summed E-state index contributed by atoms with van der Waals surface area (Å²) in [6.07, 6.45) is 3.39. The van der Waals surface area contributed by atoms with Gasteiger partial charge in [0.2, 0.25) is 11.8 Å². The van der Waals surface area contributed by atoms with Crippen LogP contribution in [0.1, 0.15) is 25.7 Å². The van der Waals surface area contributed by atoms with Gasteiger partial charge >= 0.3 is 0 Å². The molecule has 1 aromatic carbocycles. The Labute approximate surface area is 135 Å². The molecule has 0 bridgehead atoms. The van der Waals surface area contributed by atoms with Crippen LogP contribution in [-0.4, -0.2) is 36.3 Å². The van der Waals surface area contributed by atoms with Gasteiger partial charge in [-0.2, -0.15) is 0 Å². The van der Waals surface area contributed by atoms with Crippen molar-refractivity contribution >= 4 is 29.1 Å². The lowest BCUT2D eigenvalue weighted by Gasteiger charge is -2.32. The number of anilines is 1. The van der Waals surface area contributed by atoms with Crippen molar-refractivity contribution in [1.82, 2.24) is 4.90 Å². The van der Waals surface area contributed by atoms with Crippen LogP contribution in [0, 0.1) is 5.92 Å². The molecule has 1 aromatic rings. The van der Waals surface area contributed by atoms with Crippen LogP contribution >= 0.6 is 11.6 Å². The number of carbonyl (C=O) groups is 2. The highest BCUT2D eigenvalue weighted by molar-refractivity contribution is 6.30. The summed E-state index contributed by atoms with van der Waals surface area (Å²) in [4.78, 5) is 25.1. The summed E-state index contributed by atoms with van der Waals surface area (Å²) in [6, 6.07) is 7.06. The number of nitrogens with one attached hydrogen (secondary N) is 1. The highest BCUT2D eigenvalue weighted by atomic mass is 35.5. The molecule has 1 aliphatic heterocycles. The van der Waals surface area contributed by atoms with E-state index in [-0.39, 0.29) is 11.8 Å². The normalized spacial score (nSPS) is 18.9. The third kappa shape index (κ3) is 5.66. The number of rotatable bonds is 6. The van der Waals surface area contributed by atoms with Crippen molar-refractivity contribution < 1.29 is 9.59 Å². The fraction of sp³-hybridized carbons (Fsp3) is 0.500. The Bertz CT molecular complexity index is 519. The van der Waals surface area contributed by atoms with Crippen molar-refractivity contribution in [1.29, 1.82) is 0 Å². The maximum absolute atomic E-state index is 12.1. The molecule has 5 nitrogen and oxygen atoms in total. The smallest absolute Gasteiger partial charge is 0.238 e. The number of amides is 2. The van der Waals surface area contributed by atoms with Crippen LogP contribution in [0.15, 0.2) is 24.3 Å². The fourth-order valence-corrected chi connectivity index (χ4v) is 2.94. The lowest BCUT2D eigenvalue weighted by atomic mass is 9.93. The zero-order valence-corrected chi connectivity index (χ0v) is 13.3. The third-order valence-corrected chi connectivity index (χ3v) is 4.15. The quantitative estimate of drug-likeness (QED) is 0.843. The van der Waals surface area contributed by atoms with E-state index < -0.39 is 0 Å². The lowest BCUT2D eigenvalue weighted by molar-refractivity contribution is -0.119. The molecule has 1 saturated heterocycles. The molecule has 0 unspecified atom stereocenters. The first-order chi connectivity index (χ1) is 10.5. The van der Waals surface area contributed by atoms with Gasteiger partial charge in [0.1, 0.15) is 0 Å². The van der Waals surface area contributed by atoms with E-state index in [1.54, 1.807) is 24.3 Å². The highest BCUT2D eigenvalue weighted by Gasteiger charge is 2.21. The molecule has 1 atom stereocenters. The van der Waals surface area contributed by atoms with E-state index in [2.05, 4.69) is 10.2 Å². The Morgan fingerprint density at radius 3 is 2.73 bits per heavy atom. The molecule has 2 amide bonds. The first-order valence-corrected chi connectivity index (χ1v) is 7.97. The van der Waals surface area contributed by atoms with Crippen molar-refractivity contribution in [2.45, 2.75) is 25.7 Å². The average Bonchev–Trinajstić information content (AvgIpc) is 2.48. The molecule has 0 aromatic heterocycles. The van der Waals surface area contributed by atoms with Gasteiger partial charge in [-0.25, -0.2) is 0 Å². The maximum Gasteiger partial charge on any atom is 0.238 e. The van der Waals surface area contributed by atoms with E-state index in [9.17, 15) is 9.59 Å². The Morgan fingerprint density at radius 2 is 2.05 bits per heavy atom. The molecular weight excluding hydrogens is 302 g/mol. The van der Waals surface area contributed by atoms with E-state index in [1.165, 1.54) is 0 Å². The minimum absolute atomic E-state index is 0.0297. The van der Waals surface area contributed by atoms with E-state index in [0.29, 0.717) is 23.9 Å². The summed E-state index contributed by atoms with van der Waals surface area (Å²) in [5.74, 6) is 0.167. The molecule has 1 heterocycles. The monoisotopic (exact) mass is 323 g/mol. The predicted octanol–water partition coefficient (Wildman–Crippen LogP) is 2.26. The zero-order valence-electron chi connectivity index (χ0n) is 12.6. The number of hydrogen-bond acceptors (Lipinski definition) is 3. The van der Waals surface area contributed by atoms with Gasteiger partial charge in [0.05, 0.1) is 6.54 Å². The molecular formula is C16H22ClN3O2. The minimum Gasteiger partial charge on any atom is -0.370 e. The van der Waals surface area contributed by atoms with Gasteiger partial charge in [-0.15, -0.1) is 0 Å². The molecule has 2 rings (SSSR count). The molecule has 0 aliphatic carbocycles. The number of hydrogen-bond donors (Lipinski definition) is 2. The standard InChI is InChI=1S/C16H22ClN3O2/c17-13-4-6-14(7-5-13)19-16(22)11-20-9-1-2-12(10-20)3-8-15(18)21/h4-7,12H,1-3,8-11H2,(H2,18,21)(H,19,22)/t12-/m1/s1. The van der Waals surface area contributed by atoms with Crippen LogP contribution in [-0.2, 0) is 9.59 Å². The largest absolute Gasteiger partial charge is 0.370 e. The predicted molar refractivity (Wildman–Crippen MR) is 87.7 cm³/mol. The molecule has 22 heavy (non-hydrogen) atoms. The molecule has 6 heteroatoms. The number of halogens is 1. The van der Waals surface area contributed by atoms with Gasteiger partial charge in [0, 0.05) is 23.7 Å². The maximum atomic E-state index is 12.1. The fourth-order valence-electron chi connectivity index (χ4n) is 2.81. The summed E-state index contributed by atoms with van der Waals surface area (Å²) in [6.45, 7) is 2.14. The Morgan fingerprint density at radius 1 is 1.32 bits per heavy atom. The van der Waals surface area contributed by atoms with E-state index >= 15 is 0 Å². The summed E-state index contributed by atoms with van der Waals surface area (Å²) in [5.41, 5.74) is 5.94. The van der Waals surface area contributed by atoms with Crippen LogP contribution in [0.25, 0.3) is 0 Å². The second-order valence-corrected chi connectivity index (χ2v) is 6.24. The van der Waals surface area contributed by atoms with E-state index in [1.807, 2.05) is 0 Å². The number of piperidine rings is 1. The SMILES string of the molecule is NC(=O)CC[C@H]1CCCN(CC(=O)Nc2ccc(Cl)cc2)C1. The van der Waals surface area contributed by atoms with E-state index in [4.69, 9.17) is 17.3 Å². The Balaban J connectivity index is 1.78. The second-order valence-electron chi connectivity index (χ2n) is 5.80. The van der Waals surface area contributed by atoms with E-state index in [0.717, 1.165) is 38.0 Å². The molecule has 1 aliphatic rings. The van der Waals surface area contributed by atoms with Crippen LogP contribution in [0.2, 0.25) is 5.02 Å². The number of carbonyl (C=O) groups excluding carboxylic acids is 2. The molecule has 0 spiro atoms. The van der Waals surface area contributed by atoms with Crippen LogP contribution in [0.4, 0.5) is 5.69 Å². The van der Waals surface area contributed by atoms with Gasteiger partial charge in [-0.3, -0.25) is 14.5 Å². The number of likely N-dealkylation sites (tertiary alicyclic amines) is 1. The summed E-state index contributed by atoms with van der Waals surface area (Å²) >= 11 is 5.82. The first kappa shape index (κ1) is 16.8. The van der Waals surface area contributed by atoms with Crippen LogP contribution in [0.5, 0.6) is 0 Å². The molecule has 1 fully saturated rings. The number of nitrogens with zero attached hydrogens (tertiary/aromatic N) is 1. The van der Waals surface area contributed by atoms with Crippen molar-refractivity contribution in [2.75, 3.05) is 25.0 Å². The van der Waals surface area contributed by atoms with Crippen LogP contribution in [0.3, 0.4) is 0 Å². The number of benzene rings is 1. The topological polar surface area (TPSA) is 75.4 Å². The molecule has 0 saturated carbocycles. The lowest BCUT2D eigenvalue weighted by Crippen LogP contribution is -2.40. The van der Waals surface area contributed by atoms with Crippen molar-refractivity contribution in [2.24, 2.45) is 11.7 Å². The van der Waals surface area contributed by atoms with Gasteiger partial charge in [0.25, 0.3) is 0 Å². The van der Waals surface area contributed by atoms with Gasteiger partial charge < -0.3 is 11.1 Å². The molecule has 3 N–H and O–H groups in total. The van der Waals surface area contributed by atoms with Crippen LogP contribution < -0.4 is 11.1 Å². The first-order valence-electron chi connectivity index (χ1n) is 7.59. The van der Waals surface area contributed by atoms with Gasteiger partial charge in [-0.05, 0) is 56.0 Å². The average molecular weight is 324 g/mol. The van der Waals surface area contributed by atoms with Gasteiger partial charge in [0.15, 0.2) is 0 Å². The van der Waals surface area contributed by atoms with Gasteiger partial charge in [-0.1, -0.05) is 11.6 Å². The third-order valence-electron chi connectivity index (χ3n) is 3.90. The molecule has 0 radical (unpaired) electrons. The summed E-state index contributed by atoms with van der Waals surface area (Å²) < 4.78 is 0. The van der Waals surface area contributed by atoms with Crippen molar-refractivity contribution in [3.8, 4) is 0 Å². The number of nitrogens with two attached hydrogens (primary N) is 1. The van der Waals surface area contributed by atoms with Crippen molar-refractivity contribution in [3.05, 3.63) is 29.3 Å². The summed E-state index contributed by atoms with van der Waals surface area (Å²) in [7, 11) is 0. The Hall–Kier alpha value is -1.59. The Kier molecular flexibility index (Phi) is 6.21. The summed E-state index contributed by atoms with van der Waals surface area (Å²) in [5, 5.41) is 3.51. The highest BCUT2D eigenvalue weighted by Crippen LogP contribution is 2.21. The second kappa shape index (κ2) is 8.15. The number of primary amides is 1. The molecule has 120 valence electrons. The van der Waals surface area contributed by atoms with Crippen molar-refractivity contribution in [3.63, 3.8) is 0 Å². The minimum atomic E-state index is -0.252.